The lowest BCUT2D eigenvalue weighted by atomic mass is 9.91. The molecule has 4 nitrogen and oxygen atoms in total. The topological polar surface area (TPSA) is 55.4 Å². The van der Waals surface area contributed by atoms with Gasteiger partial charge >= 0.3 is 5.97 Å². The van der Waals surface area contributed by atoms with Crippen molar-refractivity contribution in [3.8, 4) is 10.4 Å². The van der Waals surface area contributed by atoms with E-state index in [1.54, 1.807) is 6.92 Å². The summed E-state index contributed by atoms with van der Waals surface area (Å²) in [5.74, 6) is -0.622. The van der Waals surface area contributed by atoms with Gasteiger partial charge in [0.2, 0.25) is 0 Å². The Morgan fingerprint density at radius 1 is 1.21 bits per heavy atom. The van der Waals surface area contributed by atoms with Crippen LogP contribution in [0.4, 0.5) is 0 Å². The van der Waals surface area contributed by atoms with Crippen molar-refractivity contribution in [2.24, 2.45) is 0 Å². The standard InChI is InChI=1S/C19H19NO3S/c1-11(18(21)20-14-8-9-14)23-19(22)16-10-13-7-6-12-4-2-3-5-15(12)17(13)24-16/h2-5,10-11,14H,6-9H2,1H3,(H,20,21). The minimum atomic E-state index is -0.760. The van der Waals surface area contributed by atoms with Gasteiger partial charge in [-0.1, -0.05) is 24.3 Å². The van der Waals surface area contributed by atoms with Crippen LogP contribution in [0.25, 0.3) is 10.4 Å². The van der Waals surface area contributed by atoms with Crippen LogP contribution in [0, 0.1) is 0 Å². The van der Waals surface area contributed by atoms with Crippen molar-refractivity contribution < 1.29 is 14.3 Å². The molecule has 2 aromatic rings. The summed E-state index contributed by atoms with van der Waals surface area (Å²) in [6.07, 6.45) is 3.21. The Kier molecular flexibility index (Phi) is 3.88. The number of esters is 1. The van der Waals surface area contributed by atoms with E-state index in [-0.39, 0.29) is 11.9 Å². The third-order valence-corrected chi connectivity index (χ3v) is 5.70. The Balaban J connectivity index is 1.50. The number of amides is 1. The second kappa shape index (κ2) is 6.06. The molecule has 0 spiro atoms. The van der Waals surface area contributed by atoms with Crippen LogP contribution in [0.2, 0.25) is 0 Å². The van der Waals surface area contributed by atoms with Crippen molar-refractivity contribution in [3.63, 3.8) is 0 Å². The summed E-state index contributed by atoms with van der Waals surface area (Å²) in [6.45, 7) is 1.62. The summed E-state index contributed by atoms with van der Waals surface area (Å²) in [4.78, 5) is 26.1. The van der Waals surface area contributed by atoms with Crippen LogP contribution < -0.4 is 5.32 Å². The highest BCUT2D eigenvalue weighted by Crippen LogP contribution is 2.39. The van der Waals surface area contributed by atoms with Gasteiger partial charge in [-0.15, -0.1) is 11.3 Å². The zero-order valence-corrected chi connectivity index (χ0v) is 14.3. The van der Waals surface area contributed by atoms with Crippen LogP contribution in [0.3, 0.4) is 0 Å². The monoisotopic (exact) mass is 341 g/mol. The molecule has 0 saturated heterocycles. The molecule has 24 heavy (non-hydrogen) atoms. The van der Waals surface area contributed by atoms with Crippen LogP contribution >= 0.6 is 11.3 Å². The molecule has 1 atom stereocenters. The molecule has 124 valence electrons. The fraction of sp³-hybridized carbons (Fsp3) is 0.368. The first-order valence-corrected chi connectivity index (χ1v) is 9.16. The zero-order chi connectivity index (χ0) is 16.7. The van der Waals surface area contributed by atoms with E-state index in [0.29, 0.717) is 4.88 Å². The summed E-state index contributed by atoms with van der Waals surface area (Å²) in [6, 6.07) is 10.5. The van der Waals surface area contributed by atoms with Gasteiger partial charge in [0.15, 0.2) is 6.10 Å². The summed E-state index contributed by atoms with van der Waals surface area (Å²) in [5.41, 5.74) is 3.73. The fourth-order valence-electron chi connectivity index (χ4n) is 2.99. The van der Waals surface area contributed by atoms with Gasteiger partial charge in [-0.2, -0.15) is 0 Å². The van der Waals surface area contributed by atoms with E-state index >= 15 is 0 Å². The van der Waals surface area contributed by atoms with Crippen molar-refractivity contribution in [3.05, 3.63) is 46.3 Å². The van der Waals surface area contributed by atoms with Crippen molar-refractivity contribution in [2.75, 3.05) is 0 Å². The molecule has 5 heteroatoms. The van der Waals surface area contributed by atoms with Crippen LogP contribution in [0.5, 0.6) is 0 Å². The quantitative estimate of drug-likeness (QED) is 0.868. The SMILES string of the molecule is CC(OC(=O)c1cc2c(s1)-c1ccccc1CC2)C(=O)NC1CC1. The molecule has 1 fully saturated rings. The highest BCUT2D eigenvalue weighted by molar-refractivity contribution is 7.17. The minimum Gasteiger partial charge on any atom is -0.448 e. The first kappa shape index (κ1) is 15.4. The molecule has 1 aromatic heterocycles. The Bertz CT molecular complexity index is 807. The van der Waals surface area contributed by atoms with Gasteiger partial charge in [0.1, 0.15) is 4.88 Å². The van der Waals surface area contributed by atoms with Crippen LogP contribution in [0.15, 0.2) is 30.3 Å². The highest BCUT2D eigenvalue weighted by Gasteiger charge is 2.28. The van der Waals surface area contributed by atoms with Crippen molar-refractivity contribution in [2.45, 2.75) is 44.8 Å². The Labute approximate surface area is 144 Å². The van der Waals surface area contributed by atoms with E-state index in [0.717, 1.165) is 30.6 Å². The molecule has 1 unspecified atom stereocenters. The van der Waals surface area contributed by atoms with Crippen LogP contribution in [-0.4, -0.2) is 24.0 Å². The third kappa shape index (κ3) is 2.96. The second-order valence-corrected chi connectivity index (χ2v) is 7.50. The fourth-order valence-corrected chi connectivity index (χ4v) is 4.14. The molecule has 1 heterocycles. The van der Waals surface area contributed by atoms with E-state index in [1.807, 2.05) is 18.2 Å². The normalized spacial score (nSPS) is 16.7. The van der Waals surface area contributed by atoms with Gasteiger partial charge in [-0.3, -0.25) is 4.79 Å². The number of aryl methyl sites for hydroxylation is 2. The summed E-state index contributed by atoms with van der Waals surface area (Å²) in [5, 5.41) is 2.86. The number of benzene rings is 1. The van der Waals surface area contributed by atoms with E-state index in [4.69, 9.17) is 4.74 Å². The number of thiophene rings is 1. The van der Waals surface area contributed by atoms with E-state index in [9.17, 15) is 9.59 Å². The number of rotatable bonds is 4. The summed E-state index contributed by atoms with van der Waals surface area (Å²) in [7, 11) is 0. The average Bonchev–Trinajstić information content (AvgIpc) is 3.28. The molecule has 1 aromatic carbocycles. The third-order valence-electron chi connectivity index (χ3n) is 4.51. The summed E-state index contributed by atoms with van der Waals surface area (Å²) >= 11 is 1.46. The molecular weight excluding hydrogens is 322 g/mol. The van der Waals surface area contributed by atoms with Crippen molar-refractivity contribution in [1.29, 1.82) is 0 Å². The van der Waals surface area contributed by atoms with E-state index in [1.165, 1.54) is 28.0 Å². The zero-order valence-electron chi connectivity index (χ0n) is 13.5. The molecule has 0 aliphatic heterocycles. The number of fused-ring (bicyclic) bond motifs is 3. The maximum atomic E-state index is 12.4. The predicted octanol–water partition coefficient (Wildman–Crippen LogP) is 3.34. The highest BCUT2D eigenvalue weighted by atomic mass is 32.1. The lowest BCUT2D eigenvalue weighted by Crippen LogP contribution is -2.36. The molecule has 2 aliphatic rings. The van der Waals surface area contributed by atoms with Gasteiger partial charge in [-0.25, -0.2) is 4.79 Å². The molecule has 1 N–H and O–H groups in total. The molecular formula is C19H19NO3S. The number of hydrogen-bond acceptors (Lipinski definition) is 4. The number of ether oxygens (including phenoxy) is 1. The van der Waals surface area contributed by atoms with E-state index in [2.05, 4.69) is 17.4 Å². The van der Waals surface area contributed by atoms with Gasteiger partial charge in [0, 0.05) is 10.9 Å². The lowest BCUT2D eigenvalue weighted by Gasteiger charge is -2.15. The molecule has 0 bridgehead atoms. The Morgan fingerprint density at radius 2 is 1.96 bits per heavy atom. The Morgan fingerprint density at radius 3 is 2.75 bits per heavy atom. The van der Waals surface area contributed by atoms with Crippen molar-refractivity contribution in [1.82, 2.24) is 5.32 Å². The summed E-state index contributed by atoms with van der Waals surface area (Å²) < 4.78 is 5.35. The van der Waals surface area contributed by atoms with Gasteiger partial charge in [-0.05, 0) is 55.4 Å². The largest absolute Gasteiger partial charge is 0.448 e. The maximum Gasteiger partial charge on any atom is 0.349 e. The molecule has 1 amide bonds. The number of carbonyl (C=O) groups excluding carboxylic acids is 2. The molecule has 2 aliphatic carbocycles. The molecule has 0 radical (unpaired) electrons. The number of nitrogens with one attached hydrogen (secondary N) is 1. The first-order valence-electron chi connectivity index (χ1n) is 8.34. The second-order valence-electron chi connectivity index (χ2n) is 6.45. The smallest absolute Gasteiger partial charge is 0.349 e. The minimum absolute atomic E-state index is 0.211. The number of hydrogen-bond donors (Lipinski definition) is 1. The van der Waals surface area contributed by atoms with E-state index < -0.39 is 12.1 Å². The van der Waals surface area contributed by atoms with Crippen LogP contribution in [0.1, 0.15) is 40.6 Å². The van der Waals surface area contributed by atoms with Crippen molar-refractivity contribution >= 4 is 23.2 Å². The van der Waals surface area contributed by atoms with Gasteiger partial charge in [0.05, 0.1) is 0 Å². The van der Waals surface area contributed by atoms with Crippen LogP contribution in [-0.2, 0) is 22.4 Å². The van der Waals surface area contributed by atoms with Gasteiger partial charge in [0.25, 0.3) is 5.91 Å². The van der Waals surface area contributed by atoms with Gasteiger partial charge < -0.3 is 10.1 Å². The number of carbonyl (C=O) groups is 2. The molecule has 4 rings (SSSR count). The Hall–Kier alpha value is -2.14. The average molecular weight is 341 g/mol. The lowest BCUT2D eigenvalue weighted by molar-refractivity contribution is -0.129. The predicted molar refractivity (Wildman–Crippen MR) is 93.2 cm³/mol. The first-order chi connectivity index (χ1) is 11.6. The molecule has 1 saturated carbocycles. The maximum absolute atomic E-state index is 12.4.